The van der Waals surface area contributed by atoms with Gasteiger partial charge in [-0.05, 0) is 19.4 Å². The highest BCUT2D eigenvalue weighted by molar-refractivity contribution is 5.82. The van der Waals surface area contributed by atoms with E-state index in [1.807, 2.05) is 4.90 Å². The molecule has 0 spiro atoms. The van der Waals surface area contributed by atoms with Crippen LogP contribution in [0.3, 0.4) is 0 Å². The standard InChI is InChI=1S/C14H25N3O3/c1-2-15-8-10-16(11-9-15)14(20)17-7-5-3-4-6-12(17)13(18)19/h12H,2-11H2,1H3,(H,18,19). The molecular formula is C14H25N3O3. The minimum atomic E-state index is -0.868. The average Bonchev–Trinajstić information content (AvgIpc) is 2.72. The molecule has 0 aromatic rings. The van der Waals surface area contributed by atoms with E-state index in [0.29, 0.717) is 26.1 Å². The Labute approximate surface area is 120 Å². The second-order valence-corrected chi connectivity index (χ2v) is 5.60. The van der Waals surface area contributed by atoms with Gasteiger partial charge in [-0.3, -0.25) is 0 Å². The molecule has 2 heterocycles. The van der Waals surface area contributed by atoms with Crippen LogP contribution in [0.5, 0.6) is 0 Å². The van der Waals surface area contributed by atoms with E-state index in [-0.39, 0.29) is 6.03 Å². The fourth-order valence-electron chi connectivity index (χ4n) is 3.03. The second kappa shape index (κ2) is 6.92. The van der Waals surface area contributed by atoms with Crippen LogP contribution in [0.15, 0.2) is 0 Å². The topological polar surface area (TPSA) is 64.1 Å². The van der Waals surface area contributed by atoms with Crippen molar-refractivity contribution in [3.05, 3.63) is 0 Å². The molecule has 2 fully saturated rings. The molecule has 1 N–H and O–H groups in total. The number of piperazine rings is 1. The van der Waals surface area contributed by atoms with Gasteiger partial charge in [0.25, 0.3) is 0 Å². The first-order valence-electron chi connectivity index (χ1n) is 7.64. The highest BCUT2D eigenvalue weighted by Gasteiger charge is 2.34. The summed E-state index contributed by atoms with van der Waals surface area (Å²) in [5.74, 6) is -0.868. The van der Waals surface area contributed by atoms with Crippen LogP contribution in [0.25, 0.3) is 0 Å². The number of amides is 2. The first-order chi connectivity index (χ1) is 9.63. The molecule has 0 bridgehead atoms. The van der Waals surface area contributed by atoms with Crippen LogP contribution in [0, 0.1) is 0 Å². The van der Waals surface area contributed by atoms with Crippen molar-refractivity contribution in [3.8, 4) is 0 Å². The molecule has 0 aliphatic carbocycles. The minimum Gasteiger partial charge on any atom is -0.480 e. The van der Waals surface area contributed by atoms with E-state index in [0.717, 1.165) is 38.9 Å². The van der Waals surface area contributed by atoms with Gasteiger partial charge in [0.1, 0.15) is 6.04 Å². The summed E-state index contributed by atoms with van der Waals surface area (Å²) in [4.78, 5) is 29.7. The van der Waals surface area contributed by atoms with E-state index < -0.39 is 12.0 Å². The summed E-state index contributed by atoms with van der Waals surface area (Å²) in [6.07, 6.45) is 3.39. The van der Waals surface area contributed by atoms with Gasteiger partial charge in [0.15, 0.2) is 0 Å². The smallest absolute Gasteiger partial charge is 0.326 e. The van der Waals surface area contributed by atoms with E-state index in [1.165, 1.54) is 0 Å². The summed E-state index contributed by atoms with van der Waals surface area (Å²) < 4.78 is 0. The molecule has 6 nitrogen and oxygen atoms in total. The Balaban J connectivity index is 2.00. The number of nitrogens with zero attached hydrogens (tertiary/aromatic N) is 3. The van der Waals surface area contributed by atoms with E-state index >= 15 is 0 Å². The lowest BCUT2D eigenvalue weighted by molar-refractivity contribution is -0.142. The Morgan fingerprint density at radius 3 is 2.35 bits per heavy atom. The number of likely N-dealkylation sites (N-methyl/N-ethyl adjacent to an activating group) is 1. The number of carboxylic acids is 1. The van der Waals surface area contributed by atoms with Gasteiger partial charge in [-0.15, -0.1) is 0 Å². The summed E-state index contributed by atoms with van der Waals surface area (Å²) >= 11 is 0. The lowest BCUT2D eigenvalue weighted by Crippen LogP contribution is -2.56. The van der Waals surface area contributed by atoms with Crippen molar-refractivity contribution in [2.45, 2.75) is 38.6 Å². The fraction of sp³-hybridized carbons (Fsp3) is 0.857. The Hall–Kier alpha value is -1.30. The number of likely N-dealkylation sites (tertiary alicyclic amines) is 1. The summed E-state index contributed by atoms with van der Waals surface area (Å²) in [6.45, 7) is 6.87. The molecule has 114 valence electrons. The highest BCUT2D eigenvalue weighted by atomic mass is 16.4. The lowest BCUT2D eigenvalue weighted by atomic mass is 10.1. The quantitative estimate of drug-likeness (QED) is 0.823. The third-order valence-electron chi connectivity index (χ3n) is 4.37. The molecule has 2 saturated heterocycles. The van der Waals surface area contributed by atoms with E-state index in [4.69, 9.17) is 0 Å². The number of rotatable bonds is 2. The maximum atomic E-state index is 12.6. The van der Waals surface area contributed by atoms with E-state index in [2.05, 4.69) is 11.8 Å². The number of carbonyl (C=O) groups is 2. The zero-order valence-corrected chi connectivity index (χ0v) is 12.3. The Morgan fingerprint density at radius 2 is 1.75 bits per heavy atom. The Kier molecular flexibility index (Phi) is 5.23. The molecule has 0 saturated carbocycles. The zero-order chi connectivity index (χ0) is 14.5. The van der Waals surface area contributed by atoms with Crippen LogP contribution >= 0.6 is 0 Å². The van der Waals surface area contributed by atoms with E-state index in [1.54, 1.807) is 4.90 Å². The van der Waals surface area contributed by atoms with Crippen molar-refractivity contribution in [2.24, 2.45) is 0 Å². The largest absolute Gasteiger partial charge is 0.480 e. The molecule has 0 radical (unpaired) electrons. The average molecular weight is 283 g/mol. The molecule has 6 heteroatoms. The van der Waals surface area contributed by atoms with Crippen molar-refractivity contribution in [1.29, 1.82) is 0 Å². The minimum absolute atomic E-state index is 0.0879. The van der Waals surface area contributed by atoms with E-state index in [9.17, 15) is 14.7 Å². The second-order valence-electron chi connectivity index (χ2n) is 5.60. The summed E-state index contributed by atoms with van der Waals surface area (Å²) in [5.41, 5.74) is 0. The SMILES string of the molecule is CCN1CCN(C(=O)N2CCCCCC2C(=O)O)CC1. The molecule has 2 amide bonds. The summed E-state index contributed by atoms with van der Waals surface area (Å²) in [6, 6.07) is -0.732. The molecule has 1 unspecified atom stereocenters. The van der Waals surface area contributed by atoms with Crippen LogP contribution in [0.2, 0.25) is 0 Å². The first kappa shape index (κ1) is 15.1. The molecular weight excluding hydrogens is 258 g/mol. The molecule has 1 atom stereocenters. The predicted octanol–water partition coefficient (Wildman–Crippen LogP) is 1.07. The number of hydrogen-bond donors (Lipinski definition) is 1. The van der Waals surface area contributed by atoms with Gasteiger partial charge in [0, 0.05) is 32.7 Å². The summed E-state index contributed by atoms with van der Waals surface area (Å²) in [5, 5.41) is 9.34. The van der Waals surface area contributed by atoms with Crippen molar-refractivity contribution >= 4 is 12.0 Å². The fourth-order valence-corrected chi connectivity index (χ4v) is 3.03. The molecule has 2 aliphatic heterocycles. The predicted molar refractivity (Wildman–Crippen MR) is 75.7 cm³/mol. The monoisotopic (exact) mass is 283 g/mol. The van der Waals surface area contributed by atoms with Crippen LogP contribution in [-0.4, -0.2) is 77.1 Å². The van der Waals surface area contributed by atoms with Gasteiger partial charge in [-0.25, -0.2) is 9.59 Å². The maximum Gasteiger partial charge on any atom is 0.326 e. The first-order valence-corrected chi connectivity index (χ1v) is 7.64. The number of hydrogen-bond acceptors (Lipinski definition) is 3. The van der Waals surface area contributed by atoms with Gasteiger partial charge in [-0.2, -0.15) is 0 Å². The number of carboxylic acid groups (broad SMARTS) is 1. The zero-order valence-electron chi connectivity index (χ0n) is 12.3. The Morgan fingerprint density at radius 1 is 1.05 bits per heavy atom. The van der Waals surface area contributed by atoms with Crippen LogP contribution in [0.1, 0.15) is 32.6 Å². The molecule has 20 heavy (non-hydrogen) atoms. The number of aliphatic carboxylic acids is 1. The van der Waals surface area contributed by atoms with Crippen molar-refractivity contribution in [3.63, 3.8) is 0 Å². The van der Waals surface area contributed by atoms with Crippen molar-refractivity contribution < 1.29 is 14.7 Å². The van der Waals surface area contributed by atoms with Gasteiger partial charge < -0.3 is 19.8 Å². The van der Waals surface area contributed by atoms with Gasteiger partial charge >= 0.3 is 12.0 Å². The molecule has 0 aromatic heterocycles. The van der Waals surface area contributed by atoms with Gasteiger partial charge in [-0.1, -0.05) is 19.8 Å². The van der Waals surface area contributed by atoms with Crippen LogP contribution in [0.4, 0.5) is 4.79 Å². The Bertz CT molecular complexity index is 354. The third kappa shape index (κ3) is 3.42. The molecule has 0 aromatic carbocycles. The molecule has 2 rings (SSSR count). The van der Waals surface area contributed by atoms with Crippen LogP contribution in [-0.2, 0) is 4.79 Å². The number of urea groups is 1. The normalized spacial score (nSPS) is 25.4. The van der Waals surface area contributed by atoms with Crippen molar-refractivity contribution in [2.75, 3.05) is 39.3 Å². The van der Waals surface area contributed by atoms with Gasteiger partial charge in [0.2, 0.25) is 0 Å². The van der Waals surface area contributed by atoms with Gasteiger partial charge in [0.05, 0.1) is 0 Å². The third-order valence-corrected chi connectivity index (χ3v) is 4.37. The summed E-state index contributed by atoms with van der Waals surface area (Å²) in [7, 11) is 0. The molecule has 2 aliphatic rings. The number of carbonyl (C=O) groups excluding carboxylic acids is 1. The van der Waals surface area contributed by atoms with Crippen molar-refractivity contribution in [1.82, 2.24) is 14.7 Å². The maximum absolute atomic E-state index is 12.6. The lowest BCUT2D eigenvalue weighted by Gasteiger charge is -2.38. The highest BCUT2D eigenvalue weighted by Crippen LogP contribution is 2.19. The van der Waals surface area contributed by atoms with Crippen LogP contribution < -0.4 is 0 Å².